The zero-order chi connectivity index (χ0) is 8.72. The van der Waals surface area contributed by atoms with E-state index in [1.165, 1.54) is 0 Å². The molecule has 0 atom stereocenters. The molecule has 1 aliphatic rings. The number of amides is 1. The second-order valence-corrected chi connectivity index (χ2v) is 4.26. The molecule has 1 aromatic heterocycles. The average molecular weight is 342 g/mol. The number of halogens is 2. The highest BCUT2D eigenvalue weighted by Crippen LogP contribution is 2.22. The third kappa shape index (κ3) is 1.17. The molecule has 0 spiro atoms. The van der Waals surface area contributed by atoms with Gasteiger partial charge in [-0.2, -0.15) is 5.10 Å². The van der Waals surface area contributed by atoms with Crippen molar-refractivity contribution in [2.75, 3.05) is 6.54 Å². The average Bonchev–Trinajstić information content (AvgIpc) is 2.29. The van der Waals surface area contributed by atoms with E-state index in [0.29, 0.717) is 12.2 Å². The molecule has 1 aliphatic heterocycles. The van der Waals surface area contributed by atoms with Crippen molar-refractivity contribution in [3.8, 4) is 0 Å². The van der Waals surface area contributed by atoms with Gasteiger partial charge in [-0.1, -0.05) is 0 Å². The molecular formula is C6H5BrIN3O. The monoisotopic (exact) mass is 341 g/mol. The van der Waals surface area contributed by atoms with Gasteiger partial charge in [-0.05, 0) is 38.5 Å². The minimum absolute atomic E-state index is 0.0381. The Labute approximate surface area is 91.0 Å². The number of carbonyl (C=O) groups excluding carboxylic acids is 1. The lowest BCUT2D eigenvalue weighted by Gasteiger charge is -2.13. The van der Waals surface area contributed by atoms with Gasteiger partial charge >= 0.3 is 0 Å². The van der Waals surface area contributed by atoms with Crippen molar-refractivity contribution in [3.05, 3.63) is 13.9 Å². The zero-order valence-corrected chi connectivity index (χ0v) is 9.72. The maximum atomic E-state index is 11.3. The van der Waals surface area contributed by atoms with Gasteiger partial charge in [-0.15, -0.1) is 0 Å². The van der Waals surface area contributed by atoms with Crippen molar-refractivity contribution in [3.63, 3.8) is 0 Å². The Bertz CT molecular complexity index is 349. The number of hydrogen-bond donors (Lipinski definition) is 1. The van der Waals surface area contributed by atoms with Crippen molar-refractivity contribution < 1.29 is 4.79 Å². The normalized spacial score (nSPS) is 15.7. The summed E-state index contributed by atoms with van der Waals surface area (Å²) in [5.74, 6) is -0.0381. The predicted molar refractivity (Wildman–Crippen MR) is 55.0 cm³/mol. The Kier molecular flexibility index (Phi) is 2.11. The lowest BCUT2D eigenvalue weighted by molar-refractivity contribution is 0.0923. The van der Waals surface area contributed by atoms with Crippen LogP contribution in [0.2, 0.25) is 0 Å². The molecule has 0 bridgehead atoms. The number of nitrogens with one attached hydrogen (secondary N) is 1. The van der Waals surface area contributed by atoms with E-state index in [4.69, 9.17) is 0 Å². The molecule has 6 heteroatoms. The second-order valence-electron chi connectivity index (χ2n) is 2.43. The third-order valence-electron chi connectivity index (χ3n) is 1.68. The Morgan fingerprint density at radius 2 is 2.42 bits per heavy atom. The van der Waals surface area contributed by atoms with Gasteiger partial charge in [0.15, 0.2) is 0 Å². The van der Waals surface area contributed by atoms with Crippen LogP contribution < -0.4 is 5.32 Å². The minimum Gasteiger partial charge on any atom is -0.349 e. The molecule has 1 aromatic rings. The molecule has 0 saturated carbocycles. The first-order valence-electron chi connectivity index (χ1n) is 3.40. The lowest BCUT2D eigenvalue weighted by Crippen LogP contribution is -2.36. The fourth-order valence-electron chi connectivity index (χ4n) is 1.15. The van der Waals surface area contributed by atoms with E-state index >= 15 is 0 Å². The van der Waals surface area contributed by atoms with E-state index < -0.39 is 0 Å². The topological polar surface area (TPSA) is 46.9 Å². The second kappa shape index (κ2) is 2.99. The van der Waals surface area contributed by atoms with Gasteiger partial charge in [0.2, 0.25) is 0 Å². The van der Waals surface area contributed by atoms with Crippen molar-refractivity contribution in [2.45, 2.75) is 6.54 Å². The Hall–Kier alpha value is -0.110. The van der Waals surface area contributed by atoms with Crippen LogP contribution in [0, 0.1) is 3.57 Å². The SMILES string of the molecule is O=C1NCCn2nc(Br)c(I)c21. The first-order valence-corrected chi connectivity index (χ1v) is 5.27. The molecule has 12 heavy (non-hydrogen) atoms. The number of hydrogen-bond acceptors (Lipinski definition) is 2. The van der Waals surface area contributed by atoms with E-state index in [1.54, 1.807) is 4.68 Å². The number of carbonyl (C=O) groups is 1. The summed E-state index contributed by atoms with van der Waals surface area (Å²) >= 11 is 5.39. The molecule has 1 N–H and O–H groups in total. The van der Waals surface area contributed by atoms with Gasteiger partial charge in [0.05, 0.1) is 10.1 Å². The smallest absolute Gasteiger partial charge is 0.270 e. The molecule has 2 heterocycles. The van der Waals surface area contributed by atoms with Gasteiger partial charge in [0.25, 0.3) is 5.91 Å². The molecule has 0 aromatic carbocycles. The maximum Gasteiger partial charge on any atom is 0.270 e. The van der Waals surface area contributed by atoms with Crippen LogP contribution >= 0.6 is 38.5 Å². The van der Waals surface area contributed by atoms with Gasteiger partial charge < -0.3 is 5.32 Å². The summed E-state index contributed by atoms with van der Waals surface area (Å²) in [4.78, 5) is 11.3. The number of rotatable bonds is 0. The molecule has 1 amide bonds. The van der Waals surface area contributed by atoms with Crippen molar-refractivity contribution in [1.29, 1.82) is 0 Å². The fourth-order valence-corrected chi connectivity index (χ4v) is 2.16. The van der Waals surface area contributed by atoms with Crippen molar-refractivity contribution in [1.82, 2.24) is 15.1 Å². The fraction of sp³-hybridized carbons (Fsp3) is 0.333. The first-order chi connectivity index (χ1) is 5.70. The number of aromatic nitrogens is 2. The Morgan fingerprint density at radius 1 is 1.67 bits per heavy atom. The summed E-state index contributed by atoms with van der Waals surface area (Å²) < 4.78 is 3.35. The summed E-state index contributed by atoms with van der Waals surface area (Å²) in [7, 11) is 0. The molecule has 0 radical (unpaired) electrons. The molecule has 0 fully saturated rings. The number of fused-ring (bicyclic) bond motifs is 1. The van der Waals surface area contributed by atoms with Crippen molar-refractivity contribution in [2.24, 2.45) is 0 Å². The highest BCUT2D eigenvalue weighted by Gasteiger charge is 2.23. The summed E-state index contributed by atoms with van der Waals surface area (Å²) in [5, 5.41) is 6.93. The van der Waals surface area contributed by atoms with Crippen LogP contribution in [0.15, 0.2) is 4.60 Å². The van der Waals surface area contributed by atoms with Crippen LogP contribution in [0.3, 0.4) is 0 Å². The molecule has 4 nitrogen and oxygen atoms in total. The van der Waals surface area contributed by atoms with Gasteiger partial charge in [-0.25, -0.2) is 0 Å². The van der Waals surface area contributed by atoms with E-state index in [2.05, 4.69) is 48.9 Å². The molecule has 64 valence electrons. The third-order valence-corrected chi connectivity index (χ3v) is 4.00. The van der Waals surface area contributed by atoms with E-state index in [-0.39, 0.29) is 5.91 Å². The summed E-state index contributed by atoms with van der Waals surface area (Å²) in [5.41, 5.74) is 0.661. The van der Waals surface area contributed by atoms with Crippen LogP contribution in [-0.4, -0.2) is 22.2 Å². The van der Waals surface area contributed by atoms with Gasteiger partial charge in [-0.3, -0.25) is 9.48 Å². The largest absolute Gasteiger partial charge is 0.349 e. The Morgan fingerprint density at radius 3 is 3.08 bits per heavy atom. The first kappa shape index (κ1) is 8.49. The highest BCUT2D eigenvalue weighted by atomic mass is 127. The van der Waals surface area contributed by atoms with Crippen LogP contribution in [0.25, 0.3) is 0 Å². The quantitative estimate of drug-likeness (QED) is 0.715. The highest BCUT2D eigenvalue weighted by molar-refractivity contribution is 14.1. The Balaban J connectivity index is 2.61. The summed E-state index contributed by atoms with van der Waals surface area (Å²) in [6, 6.07) is 0. The van der Waals surface area contributed by atoms with Gasteiger partial charge in [0.1, 0.15) is 10.3 Å². The zero-order valence-electron chi connectivity index (χ0n) is 5.97. The lowest BCUT2D eigenvalue weighted by atomic mass is 10.3. The molecule has 0 unspecified atom stereocenters. The summed E-state index contributed by atoms with van der Waals surface area (Å²) in [6.45, 7) is 1.42. The van der Waals surface area contributed by atoms with E-state index in [9.17, 15) is 4.79 Å². The maximum absolute atomic E-state index is 11.3. The molecule has 0 aliphatic carbocycles. The van der Waals surface area contributed by atoms with E-state index in [1.807, 2.05) is 0 Å². The van der Waals surface area contributed by atoms with Crippen LogP contribution in [0.1, 0.15) is 10.5 Å². The standard InChI is InChI=1S/C6H5BrIN3O/c7-5-3(8)4-6(12)9-1-2-11(4)10-5/h1-2H2,(H,9,12). The molecular weight excluding hydrogens is 337 g/mol. The molecule has 2 rings (SSSR count). The minimum atomic E-state index is -0.0381. The number of nitrogens with zero attached hydrogens (tertiary/aromatic N) is 2. The summed E-state index contributed by atoms with van der Waals surface area (Å²) in [6.07, 6.45) is 0. The van der Waals surface area contributed by atoms with Gasteiger partial charge in [0, 0.05) is 6.54 Å². The van der Waals surface area contributed by atoms with Crippen LogP contribution in [0.4, 0.5) is 0 Å². The van der Waals surface area contributed by atoms with Crippen LogP contribution in [0.5, 0.6) is 0 Å². The van der Waals surface area contributed by atoms with Crippen molar-refractivity contribution >= 4 is 44.4 Å². The molecule has 0 saturated heterocycles. The predicted octanol–water partition coefficient (Wildman–Crippen LogP) is 0.994. The van der Waals surface area contributed by atoms with Crippen LogP contribution in [-0.2, 0) is 6.54 Å². The van der Waals surface area contributed by atoms with E-state index in [0.717, 1.165) is 14.7 Å².